The molecule has 1 aromatic rings. The Bertz CT molecular complexity index is 330. The van der Waals surface area contributed by atoms with E-state index in [4.69, 9.17) is 9.68 Å². The van der Waals surface area contributed by atoms with E-state index in [0.29, 0.717) is 0 Å². The fraction of sp³-hybridized carbons (Fsp3) is 0.538. The van der Waals surface area contributed by atoms with Crippen molar-refractivity contribution in [2.45, 2.75) is 19.0 Å². The molecule has 0 aliphatic carbocycles. The quantitative estimate of drug-likeness (QED) is 0.798. The molecule has 0 radical (unpaired) electrons. The maximum absolute atomic E-state index is 5.69. The summed E-state index contributed by atoms with van der Waals surface area (Å²) in [5.74, 6) is 0. The normalized spacial score (nSPS) is 22.6. The van der Waals surface area contributed by atoms with Gasteiger partial charge in [-0.3, -0.25) is 9.68 Å². The van der Waals surface area contributed by atoms with Crippen molar-refractivity contribution in [3.63, 3.8) is 0 Å². The molecule has 17 heavy (non-hydrogen) atoms. The zero-order chi connectivity index (χ0) is 11.5. The van der Waals surface area contributed by atoms with Crippen molar-refractivity contribution >= 4 is 0 Å². The monoisotopic (exact) mass is 234 g/mol. The van der Waals surface area contributed by atoms with Crippen LogP contribution in [0.15, 0.2) is 30.3 Å². The van der Waals surface area contributed by atoms with Crippen LogP contribution in [-0.4, -0.2) is 36.4 Å². The predicted molar refractivity (Wildman–Crippen MR) is 63.7 cm³/mol. The first kappa shape index (κ1) is 11.2. The lowest BCUT2D eigenvalue weighted by Gasteiger charge is -2.32. The van der Waals surface area contributed by atoms with Gasteiger partial charge in [0.25, 0.3) is 0 Å². The molecule has 2 aliphatic rings. The van der Waals surface area contributed by atoms with Gasteiger partial charge in [-0.1, -0.05) is 30.3 Å². The van der Waals surface area contributed by atoms with E-state index in [1.54, 1.807) is 0 Å². The third-order valence-electron chi connectivity index (χ3n) is 3.20. The number of hydrogen-bond acceptors (Lipinski definition) is 4. The maximum Gasteiger partial charge on any atom is 0.135 e. The minimum atomic E-state index is 0.0983. The summed E-state index contributed by atoms with van der Waals surface area (Å²) in [6.45, 7) is 3.58. The Balaban J connectivity index is 1.84. The van der Waals surface area contributed by atoms with Crippen molar-refractivity contribution in [3.05, 3.63) is 35.9 Å². The van der Waals surface area contributed by atoms with Gasteiger partial charge in [0.05, 0.1) is 13.2 Å². The second kappa shape index (κ2) is 5.14. The summed E-state index contributed by atoms with van der Waals surface area (Å²) in [5.41, 5.74) is 1.23. The molecule has 4 nitrogen and oxygen atoms in total. The van der Waals surface area contributed by atoms with Gasteiger partial charge in [0, 0.05) is 13.1 Å². The Morgan fingerprint density at radius 1 is 0.882 bits per heavy atom. The van der Waals surface area contributed by atoms with Crippen molar-refractivity contribution in [2.75, 3.05) is 26.3 Å². The van der Waals surface area contributed by atoms with Crippen molar-refractivity contribution in [3.8, 4) is 0 Å². The minimum Gasteiger partial charge on any atom is -0.297 e. The fourth-order valence-electron chi connectivity index (χ4n) is 2.42. The molecule has 0 bridgehead atoms. The van der Waals surface area contributed by atoms with Gasteiger partial charge < -0.3 is 0 Å². The van der Waals surface area contributed by atoms with E-state index >= 15 is 0 Å². The van der Waals surface area contributed by atoms with Gasteiger partial charge in [0.1, 0.15) is 6.17 Å². The predicted octanol–water partition coefficient (Wildman–Crippen LogP) is 1.96. The molecule has 92 valence electrons. The number of nitrogens with zero attached hydrogens (tertiary/aromatic N) is 2. The molecule has 0 atom stereocenters. The van der Waals surface area contributed by atoms with Crippen LogP contribution in [0.3, 0.4) is 0 Å². The molecule has 3 rings (SSSR count). The Morgan fingerprint density at radius 3 is 1.94 bits per heavy atom. The molecule has 0 aromatic heterocycles. The van der Waals surface area contributed by atoms with Gasteiger partial charge in [-0.15, -0.1) is 0 Å². The highest BCUT2D eigenvalue weighted by atomic mass is 16.7. The zero-order valence-electron chi connectivity index (χ0n) is 9.92. The molecular formula is C13H18N2O2. The van der Waals surface area contributed by atoms with Gasteiger partial charge in [0.15, 0.2) is 0 Å². The van der Waals surface area contributed by atoms with Gasteiger partial charge in [-0.2, -0.15) is 10.1 Å². The number of benzene rings is 1. The Kier molecular flexibility index (Phi) is 3.38. The highest BCUT2D eigenvalue weighted by molar-refractivity contribution is 5.18. The molecule has 4 heteroatoms. The zero-order valence-corrected chi connectivity index (χ0v) is 9.92. The summed E-state index contributed by atoms with van der Waals surface area (Å²) in [7, 11) is 0. The molecule has 0 amide bonds. The number of hydrogen-bond donors (Lipinski definition) is 0. The van der Waals surface area contributed by atoms with Crippen LogP contribution in [0.25, 0.3) is 0 Å². The largest absolute Gasteiger partial charge is 0.297 e. The first-order chi connectivity index (χ1) is 8.45. The topological polar surface area (TPSA) is 24.9 Å². The standard InChI is InChI=1S/C13H18N2O2/c1-2-6-12(7-3-1)13(14-8-4-10-16-14)15-9-5-11-17-15/h1-3,6-7,13H,4-5,8-11H2. The number of rotatable bonds is 3. The second-order valence-corrected chi connectivity index (χ2v) is 4.44. The molecule has 0 unspecified atom stereocenters. The Hall–Kier alpha value is -0.940. The summed E-state index contributed by atoms with van der Waals surface area (Å²) in [6.07, 6.45) is 2.29. The summed E-state index contributed by atoms with van der Waals surface area (Å²) in [4.78, 5) is 11.4. The van der Waals surface area contributed by atoms with Crippen molar-refractivity contribution in [1.29, 1.82) is 0 Å². The first-order valence-electron chi connectivity index (χ1n) is 6.29. The van der Waals surface area contributed by atoms with E-state index in [0.717, 1.165) is 39.1 Å². The van der Waals surface area contributed by atoms with E-state index in [1.165, 1.54) is 5.56 Å². The second-order valence-electron chi connectivity index (χ2n) is 4.44. The van der Waals surface area contributed by atoms with Crippen LogP contribution >= 0.6 is 0 Å². The van der Waals surface area contributed by atoms with Gasteiger partial charge in [-0.25, -0.2) is 0 Å². The van der Waals surface area contributed by atoms with Crippen LogP contribution in [0, 0.1) is 0 Å². The first-order valence-corrected chi connectivity index (χ1v) is 6.29. The van der Waals surface area contributed by atoms with Crippen LogP contribution in [0.4, 0.5) is 0 Å². The molecule has 0 N–H and O–H groups in total. The molecule has 2 saturated heterocycles. The van der Waals surface area contributed by atoms with E-state index in [2.05, 4.69) is 24.3 Å². The van der Waals surface area contributed by atoms with Crippen LogP contribution in [-0.2, 0) is 9.68 Å². The lowest BCUT2D eigenvalue weighted by molar-refractivity contribution is -0.261. The van der Waals surface area contributed by atoms with E-state index in [1.807, 2.05) is 16.2 Å². The SMILES string of the molecule is c1ccc(C(N2CCCO2)N2CCCO2)cc1. The molecule has 0 spiro atoms. The molecule has 2 fully saturated rings. The molecule has 1 aromatic carbocycles. The molecule has 2 aliphatic heterocycles. The van der Waals surface area contributed by atoms with Gasteiger partial charge >= 0.3 is 0 Å². The molecule has 0 saturated carbocycles. The van der Waals surface area contributed by atoms with Crippen LogP contribution in [0.2, 0.25) is 0 Å². The van der Waals surface area contributed by atoms with Crippen molar-refractivity contribution < 1.29 is 9.68 Å². The maximum atomic E-state index is 5.69. The van der Waals surface area contributed by atoms with Crippen LogP contribution in [0.5, 0.6) is 0 Å². The van der Waals surface area contributed by atoms with Crippen LogP contribution < -0.4 is 0 Å². The summed E-state index contributed by atoms with van der Waals surface area (Å²) < 4.78 is 0. The van der Waals surface area contributed by atoms with Gasteiger partial charge in [0.2, 0.25) is 0 Å². The Labute approximate surface area is 102 Å². The average molecular weight is 234 g/mol. The smallest absolute Gasteiger partial charge is 0.135 e. The van der Waals surface area contributed by atoms with Crippen LogP contribution in [0.1, 0.15) is 24.6 Å². The van der Waals surface area contributed by atoms with E-state index < -0.39 is 0 Å². The van der Waals surface area contributed by atoms with E-state index in [9.17, 15) is 0 Å². The summed E-state index contributed by atoms with van der Waals surface area (Å²) in [5, 5.41) is 4.08. The summed E-state index contributed by atoms with van der Waals surface area (Å²) in [6, 6.07) is 10.4. The minimum absolute atomic E-state index is 0.0983. The highest BCUT2D eigenvalue weighted by Gasteiger charge is 2.32. The average Bonchev–Trinajstić information content (AvgIpc) is 3.04. The molecule has 2 heterocycles. The van der Waals surface area contributed by atoms with Crippen molar-refractivity contribution in [1.82, 2.24) is 10.1 Å². The third kappa shape index (κ3) is 2.35. The molecular weight excluding hydrogens is 216 g/mol. The fourth-order valence-corrected chi connectivity index (χ4v) is 2.42. The van der Waals surface area contributed by atoms with Gasteiger partial charge in [-0.05, 0) is 18.4 Å². The lowest BCUT2D eigenvalue weighted by Crippen LogP contribution is -2.37. The summed E-state index contributed by atoms with van der Waals surface area (Å²) >= 11 is 0. The third-order valence-corrected chi connectivity index (χ3v) is 3.20. The Morgan fingerprint density at radius 2 is 1.47 bits per heavy atom. The highest BCUT2D eigenvalue weighted by Crippen LogP contribution is 2.30. The number of hydroxylamine groups is 4. The van der Waals surface area contributed by atoms with Crippen molar-refractivity contribution in [2.24, 2.45) is 0 Å². The van der Waals surface area contributed by atoms with E-state index in [-0.39, 0.29) is 6.17 Å². The lowest BCUT2D eigenvalue weighted by atomic mass is 10.1.